The van der Waals surface area contributed by atoms with Crippen molar-refractivity contribution in [1.29, 1.82) is 0 Å². The summed E-state index contributed by atoms with van der Waals surface area (Å²) in [5, 5.41) is 11.0. The van der Waals surface area contributed by atoms with Crippen molar-refractivity contribution in [3.8, 4) is 21.8 Å². The fourth-order valence-electron chi connectivity index (χ4n) is 3.67. The normalized spacial score (nSPS) is 11.1. The molecular formula is C27H23N3O2S. The van der Waals surface area contributed by atoms with Gasteiger partial charge in [0.1, 0.15) is 10.7 Å². The Bertz CT molecular complexity index is 1420. The summed E-state index contributed by atoms with van der Waals surface area (Å²) < 4.78 is 5.32. The first-order valence-corrected chi connectivity index (χ1v) is 11.7. The number of amides is 1. The zero-order valence-corrected chi connectivity index (χ0v) is 19.3. The van der Waals surface area contributed by atoms with Crippen molar-refractivity contribution in [3.05, 3.63) is 94.5 Å². The molecule has 2 aromatic heterocycles. The third-order valence-electron chi connectivity index (χ3n) is 5.57. The second-order valence-electron chi connectivity index (χ2n) is 8.18. The molecule has 5 rings (SSSR count). The van der Waals surface area contributed by atoms with Crippen molar-refractivity contribution in [1.82, 2.24) is 15.5 Å². The molecule has 1 amide bonds. The van der Waals surface area contributed by atoms with Gasteiger partial charge in [0.2, 0.25) is 5.91 Å². The molecule has 0 aliphatic carbocycles. The van der Waals surface area contributed by atoms with Gasteiger partial charge < -0.3 is 9.84 Å². The Hall–Kier alpha value is -3.77. The van der Waals surface area contributed by atoms with E-state index >= 15 is 0 Å². The Morgan fingerprint density at radius 3 is 2.45 bits per heavy atom. The fraction of sp³-hybridized carbons (Fsp3) is 0.148. The summed E-state index contributed by atoms with van der Waals surface area (Å²) in [4.78, 5) is 17.2. The van der Waals surface area contributed by atoms with Crippen LogP contribution in [0.15, 0.2) is 76.6 Å². The second kappa shape index (κ2) is 9.00. The highest BCUT2D eigenvalue weighted by atomic mass is 32.1. The number of aromatic nitrogens is 2. The van der Waals surface area contributed by atoms with Gasteiger partial charge in [0.15, 0.2) is 5.58 Å². The van der Waals surface area contributed by atoms with E-state index in [-0.39, 0.29) is 12.3 Å². The number of carbonyl (C=O) groups is 1. The number of carbonyl (C=O) groups excluding carboxylic acids is 1. The second-order valence-corrected chi connectivity index (χ2v) is 9.04. The highest BCUT2D eigenvalue weighted by molar-refractivity contribution is 7.13. The Balaban J connectivity index is 1.21. The number of nitrogens with zero attached hydrogens (tertiary/aromatic N) is 2. The third-order valence-corrected chi connectivity index (χ3v) is 6.46. The average Bonchev–Trinajstić information content (AvgIpc) is 3.46. The number of hydrogen-bond donors (Lipinski definition) is 1. The van der Waals surface area contributed by atoms with Gasteiger partial charge in [0.25, 0.3) is 0 Å². The molecule has 0 aliphatic rings. The molecule has 33 heavy (non-hydrogen) atoms. The van der Waals surface area contributed by atoms with Crippen LogP contribution in [0, 0.1) is 13.8 Å². The predicted octanol–water partition coefficient (Wildman–Crippen LogP) is 6.09. The monoisotopic (exact) mass is 453 g/mol. The van der Waals surface area contributed by atoms with Crippen LogP contribution in [-0.4, -0.2) is 16.0 Å². The van der Waals surface area contributed by atoms with Crippen LogP contribution in [0.3, 0.4) is 0 Å². The molecule has 0 aliphatic heterocycles. The van der Waals surface area contributed by atoms with Gasteiger partial charge in [-0.1, -0.05) is 70.9 Å². The van der Waals surface area contributed by atoms with Gasteiger partial charge in [-0.25, -0.2) is 4.98 Å². The highest BCUT2D eigenvalue weighted by Gasteiger charge is 2.13. The van der Waals surface area contributed by atoms with E-state index in [0.717, 1.165) is 38.3 Å². The van der Waals surface area contributed by atoms with E-state index in [1.807, 2.05) is 49.4 Å². The lowest BCUT2D eigenvalue weighted by Crippen LogP contribution is -2.24. The summed E-state index contributed by atoms with van der Waals surface area (Å²) in [5.74, 6) is -0.0848. The van der Waals surface area contributed by atoms with Crippen LogP contribution in [0.5, 0.6) is 0 Å². The Morgan fingerprint density at radius 2 is 1.67 bits per heavy atom. The van der Waals surface area contributed by atoms with Crippen LogP contribution in [0.2, 0.25) is 0 Å². The molecule has 6 heteroatoms. The zero-order chi connectivity index (χ0) is 22.8. The molecule has 0 radical (unpaired) electrons. The summed E-state index contributed by atoms with van der Waals surface area (Å²) in [7, 11) is 0. The summed E-state index contributed by atoms with van der Waals surface area (Å²) in [6.45, 7) is 4.55. The summed E-state index contributed by atoms with van der Waals surface area (Å²) in [6.07, 6.45) is 0.190. The maximum absolute atomic E-state index is 12.5. The number of nitrogens with one attached hydrogen (secondary N) is 1. The number of rotatable bonds is 6. The number of thiazole rings is 1. The van der Waals surface area contributed by atoms with E-state index in [1.54, 1.807) is 11.3 Å². The van der Waals surface area contributed by atoms with Gasteiger partial charge in [-0.3, -0.25) is 4.79 Å². The largest absolute Gasteiger partial charge is 0.356 e. The molecule has 0 spiro atoms. The molecule has 1 N–H and O–H groups in total. The van der Waals surface area contributed by atoms with Gasteiger partial charge in [-0.2, -0.15) is 0 Å². The molecule has 164 valence electrons. The van der Waals surface area contributed by atoms with E-state index in [1.165, 1.54) is 5.56 Å². The number of benzene rings is 3. The Morgan fingerprint density at radius 1 is 0.939 bits per heavy atom. The molecular weight excluding hydrogens is 430 g/mol. The summed E-state index contributed by atoms with van der Waals surface area (Å²) >= 11 is 1.63. The smallest absolute Gasteiger partial charge is 0.226 e. The average molecular weight is 454 g/mol. The van der Waals surface area contributed by atoms with Crippen LogP contribution in [0.4, 0.5) is 0 Å². The lowest BCUT2D eigenvalue weighted by molar-refractivity contribution is -0.120. The van der Waals surface area contributed by atoms with Crippen LogP contribution < -0.4 is 5.32 Å². The van der Waals surface area contributed by atoms with Gasteiger partial charge in [0.05, 0.1) is 12.1 Å². The van der Waals surface area contributed by atoms with Gasteiger partial charge in [-0.05, 0) is 31.5 Å². The molecule has 3 aromatic carbocycles. The minimum Gasteiger partial charge on any atom is -0.356 e. The number of fused-ring (bicyclic) bond motifs is 1. The van der Waals surface area contributed by atoms with Crippen LogP contribution in [0.1, 0.15) is 22.4 Å². The minimum absolute atomic E-state index is 0.0848. The van der Waals surface area contributed by atoms with Crippen LogP contribution >= 0.6 is 11.3 Å². The van der Waals surface area contributed by atoms with Crippen molar-refractivity contribution >= 4 is 28.2 Å². The summed E-state index contributed by atoms with van der Waals surface area (Å²) in [6, 6.07) is 22.4. The van der Waals surface area contributed by atoms with Gasteiger partial charge in [0, 0.05) is 28.4 Å². The maximum atomic E-state index is 12.5. The molecule has 5 nitrogen and oxygen atoms in total. The topological polar surface area (TPSA) is 68.0 Å². The predicted molar refractivity (Wildman–Crippen MR) is 132 cm³/mol. The van der Waals surface area contributed by atoms with Crippen molar-refractivity contribution in [2.75, 3.05) is 0 Å². The minimum atomic E-state index is -0.0848. The molecule has 0 fully saturated rings. The summed E-state index contributed by atoms with van der Waals surface area (Å²) in [5.41, 5.74) is 7.92. The van der Waals surface area contributed by atoms with E-state index in [0.29, 0.717) is 17.8 Å². The SMILES string of the molecule is Cc1ccc(-c2csc(-c3ccc(CNC(=O)Cc4noc5ccc(C)cc45)cc3)n2)cc1. The van der Waals surface area contributed by atoms with Crippen LogP contribution in [0.25, 0.3) is 32.8 Å². The molecule has 0 saturated heterocycles. The van der Waals surface area contributed by atoms with Crippen molar-refractivity contribution in [3.63, 3.8) is 0 Å². The fourth-order valence-corrected chi connectivity index (χ4v) is 4.51. The van der Waals surface area contributed by atoms with E-state index in [2.05, 4.69) is 47.0 Å². The standard InChI is InChI=1S/C27H23N3O2S/c1-17-3-8-20(9-4-17)24-16-33-27(29-24)21-10-6-19(7-11-21)15-28-26(31)14-23-22-13-18(2)5-12-25(22)32-30-23/h3-13,16H,14-15H2,1-2H3,(H,28,31). The van der Waals surface area contributed by atoms with E-state index < -0.39 is 0 Å². The van der Waals surface area contributed by atoms with E-state index in [9.17, 15) is 4.79 Å². The first-order chi connectivity index (χ1) is 16.0. The lowest BCUT2D eigenvalue weighted by atomic mass is 10.1. The molecule has 2 heterocycles. The van der Waals surface area contributed by atoms with Gasteiger partial charge in [-0.15, -0.1) is 11.3 Å². The van der Waals surface area contributed by atoms with E-state index in [4.69, 9.17) is 9.51 Å². The first-order valence-electron chi connectivity index (χ1n) is 10.8. The first kappa shape index (κ1) is 21.1. The molecule has 5 aromatic rings. The number of aryl methyl sites for hydroxylation is 2. The quantitative estimate of drug-likeness (QED) is 0.338. The lowest BCUT2D eigenvalue weighted by Gasteiger charge is -2.05. The van der Waals surface area contributed by atoms with Crippen LogP contribution in [-0.2, 0) is 17.8 Å². The Kier molecular flexibility index (Phi) is 5.75. The molecule has 0 saturated carbocycles. The van der Waals surface area contributed by atoms with Crippen molar-refractivity contribution in [2.24, 2.45) is 0 Å². The number of hydrogen-bond acceptors (Lipinski definition) is 5. The highest BCUT2D eigenvalue weighted by Crippen LogP contribution is 2.29. The van der Waals surface area contributed by atoms with Gasteiger partial charge >= 0.3 is 0 Å². The molecule has 0 atom stereocenters. The maximum Gasteiger partial charge on any atom is 0.226 e. The Labute approximate surface area is 196 Å². The van der Waals surface area contributed by atoms with Crippen molar-refractivity contribution in [2.45, 2.75) is 26.8 Å². The third kappa shape index (κ3) is 4.71. The van der Waals surface area contributed by atoms with Crippen molar-refractivity contribution < 1.29 is 9.32 Å². The molecule has 0 unspecified atom stereocenters. The zero-order valence-electron chi connectivity index (χ0n) is 18.5. The molecule has 0 bridgehead atoms.